The quantitative estimate of drug-likeness (QED) is 0.416. The van der Waals surface area contributed by atoms with E-state index < -0.39 is 5.82 Å². The number of rotatable bonds is 8. The first-order valence-electron chi connectivity index (χ1n) is 11.9. The van der Waals surface area contributed by atoms with Gasteiger partial charge in [0.1, 0.15) is 13.2 Å². The number of carbonyl (C=O) groups excluding carboxylic acids is 2. The number of amides is 2. The first-order valence-corrected chi connectivity index (χ1v) is 12.8. The van der Waals surface area contributed by atoms with E-state index in [9.17, 15) is 14.0 Å². The SMILES string of the molecule is Cc1cccc(C(=O)N(CC(=O)N2CCc3sccc3[C@@H]2COc2ccccc2F)CC(C)C)c1. The number of nitrogens with zero attached hydrogens (tertiary/aromatic N) is 2. The lowest BCUT2D eigenvalue weighted by Crippen LogP contribution is -2.48. The zero-order valence-corrected chi connectivity index (χ0v) is 21.2. The van der Waals surface area contributed by atoms with Crippen molar-refractivity contribution in [1.29, 1.82) is 0 Å². The summed E-state index contributed by atoms with van der Waals surface area (Å²) >= 11 is 1.66. The molecule has 5 nitrogen and oxygen atoms in total. The van der Waals surface area contributed by atoms with E-state index in [1.54, 1.807) is 45.4 Å². The number of para-hydroxylation sites is 1. The predicted octanol–water partition coefficient (Wildman–Crippen LogP) is 5.50. The number of aryl methyl sites for hydroxylation is 1. The normalized spacial score (nSPS) is 15.1. The van der Waals surface area contributed by atoms with Crippen molar-refractivity contribution in [3.8, 4) is 5.75 Å². The maximum Gasteiger partial charge on any atom is 0.254 e. The van der Waals surface area contributed by atoms with Gasteiger partial charge in [-0.3, -0.25) is 9.59 Å². The summed E-state index contributed by atoms with van der Waals surface area (Å²) in [6, 6.07) is 15.4. The largest absolute Gasteiger partial charge is 0.488 e. The summed E-state index contributed by atoms with van der Waals surface area (Å²) in [5, 5.41) is 2.01. The standard InChI is InChI=1S/C28H31FN2O3S/c1-19(2)16-30(28(33)21-8-6-7-20(3)15-21)17-27(32)31-13-11-26-22(12-14-35-26)24(31)18-34-25-10-5-4-9-23(25)29/h4-10,12,14-15,19,24H,11,13,16-18H2,1-3H3/t24-/m0/s1. The van der Waals surface area contributed by atoms with Gasteiger partial charge in [0.25, 0.3) is 5.91 Å². The lowest BCUT2D eigenvalue weighted by Gasteiger charge is -2.37. The fourth-order valence-electron chi connectivity index (χ4n) is 4.48. The van der Waals surface area contributed by atoms with Crippen LogP contribution in [0.3, 0.4) is 0 Å². The molecule has 1 aliphatic rings. The summed E-state index contributed by atoms with van der Waals surface area (Å²) in [4.78, 5) is 31.6. The van der Waals surface area contributed by atoms with Crippen molar-refractivity contribution in [2.24, 2.45) is 5.92 Å². The topological polar surface area (TPSA) is 49.9 Å². The van der Waals surface area contributed by atoms with Crippen LogP contribution in [0.25, 0.3) is 0 Å². The molecule has 0 spiro atoms. The molecule has 0 unspecified atom stereocenters. The third-order valence-corrected chi connectivity index (χ3v) is 7.11. The van der Waals surface area contributed by atoms with Gasteiger partial charge < -0.3 is 14.5 Å². The number of hydrogen-bond donors (Lipinski definition) is 0. The van der Waals surface area contributed by atoms with Gasteiger partial charge in [-0.1, -0.05) is 43.7 Å². The molecule has 3 aromatic rings. The van der Waals surface area contributed by atoms with E-state index in [4.69, 9.17) is 4.74 Å². The third kappa shape index (κ3) is 5.90. The Labute approximate surface area is 210 Å². The molecule has 2 aromatic carbocycles. The average Bonchev–Trinajstić information content (AvgIpc) is 3.31. The van der Waals surface area contributed by atoms with Crippen molar-refractivity contribution in [1.82, 2.24) is 9.80 Å². The molecule has 0 radical (unpaired) electrons. The van der Waals surface area contributed by atoms with Gasteiger partial charge in [-0.05, 0) is 60.5 Å². The first kappa shape index (κ1) is 24.9. The van der Waals surface area contributed by atoms with Crippen LogP contribution in [0.2, 0.25) is 0 Å². The summed E-state index contributed by atoms with van der Waals surface area (Å²) in [5.74, 6) is -0.341. The summed E-state index contributed by atoms with van der Waals surface area (Å²) in [7, 11) is 0. The Balaban J connectivity index is 1.55. The molecule has 0 bridgehead atoms. The van der Waals surface area contributed by atoms with E-state index >= 15 is 0 Å². The van der Waals surface area contributed by atoms with Gasteiger partial charge >= 0.3 is 0 Å². The highest BCUT2D eigenvalue weighted by molar-refractivity contribution is 7.10. The van der Waals surface area contributed by atoms with Crippen molar-refractivity contribution in [2.45, 2.75) is 33.2 Å². The minimum Gasteiger partial charge on any atom is -0.488 e. The maximum absolute atomic E-state index is 14.2. The molecule has 1 aliphatic heterocycles. The van der Waals surface area contributed by atoms with Crippen molar-refractivity contribution >= 4 is 23.2 Å². The summed E-state index contributed by atoms with van der Waals surface area (Å²) in [6.45, 7) is 7.15. The van der Waals surface area contributed by atoms with Crippen molar-refractivity contribution in [3.05, 3.63) is 87.4 Å². The van der Waals surface area contributed by atoms with Gasteiger partial charge in [-0.15, -0.1) is 11.3 Å². The van der Waals surface area contributed by atoms with Gasteiger partial charge in [0.2, 0.25) is 5.91 Å². The smallest absolute Gasteiger partial charge is 0.254 e. The van der Waals surface area contributed by atoms with Gasteiger partial charge in [0.15, 0.2) is 11.6 Å². The Kier molecular flexibility index (Phi) is 7.86. The molecule has 184 valence electrons. The van der Waals surface area contributed by atoms with Crippen LogP contribution in [-0.2, 0) is 11.2 Å². The molecular weight excluding hydrogens is 463 g/mol. The second-order valence-electron chi connectivity index (χ2n) is 9.34. The molecule has 2 amide bonds. The highest BCUT2D eigenvalue weighted by Crippen LogP contribution is 2.34. The van der Waals surface area contributed by atoms with E-state index in [-0.39, 0.29) is 42.7 Å². The molecule has 1 aromatic heterocycles. The van der Waals surface area contributed by atoms with E-state index in [0.717, 1.165) is 17.5 Å². The second-order valence-corrected chi connectivity index (χ2v) is 10.3. The van der Waals surface area contributed by atoms with Crippen molar-refractivity contribution < 1.29 is 18.7 Å². The molecule has 0 saturated carbocycles. The summed E-state index contributed by atoms with van der Waals surface area (Å²) in [6.07, 6.45) is 0.755. The van der Waals surface area contributed by atoms with Crippen LogP contribution in [0.5, 0.6) is 5.75 Å². The van der Waals surface area contributed by atoms with Crippen molar-refractivity contribution in [3.63, 3.8) is 0 Å². The number of halogens is 1. The Hall–Kier alpha value is -3.19. The monoisotopic (exact) mass is 494 g/mol. The molecule has 7 heteroatoms. The van der Waals surface area contributed by atoms with Crippen molar-refractivity contribution in [2.75, 3.05) is 26.2 Å². The molecule has 0 N–H and O–H groups in total. The second kappa shape index (κ2) is 11.0. The minimum atomic E-state index is -0.432. The third-order valence-electron chi connectivity index (χ3n) is 6.11. The van der Waals surface area contributed by atoms with Crippen LogP contribution in [-0.4, -0.2) is 47.9 Å². The van der Waals surface area contributed by atoms with Gasteiger partial charge in [0.05, 0.1) is 6.04 Å². The van der Waals surface area contributed by atoms with Crippen LogP contribution in [0.15, 0.2) is 60.0 Å². The zero-order valence-electron chi connectivity index (χ0n) is 20.4. The van der Waals surface area contributed by atoms with Crippen LogP contribution in [0.4, 0.5) is 4.39 Å². The Bertz CT molecular complexity index is 1190. The first-order chi connectivity index (χ1) is 16.8. The van der Waals surface area contributed by atoms with Gasteiger partial charge in [-0.25, -0.2) is 4.39 Å². The van der Waals surface area contributed by atoms with E-state index in [0.29, 0.717) is 18.7 Å². The van der Waals surface area contributed by atoms with Crippen LogP contribution >= 0.6 is 11.3 Å². The molecule has 4 rings (SSSR count). The highest BCUT2D eigenvalue weighted by atomic mass is 32.1. The molecule has 1 atom stereocenters. The fraction of sp³-hybridized carbons (Fsp3) is 0.357. The number of benzene rings is 2. The molecule has 35 heavy (non-hydrogen) atoms. The lowest BCUT2D eigenvalue weighted by atomic mass is 10.00. The van der Waals surface area contributed by atoms with E-state index in [1.165, 1.54) is 10.9 Å². The Morgan fingerprint density at radius 3 is 2.71 bits per heavy atom. The van der Waals surface area contributed by atoms with Crippen LogP contribution in [0, 0.1) is 18.7 Å². The average molecular weight is 495 g/mol. The van der Waals surface area contributed by atoms with Crippen LogP contribution in [0.1, 0.15) is 46.3 Å². The molecule has 2 heterocycles. The van der Waals surface area contributed by atoms with E-state index in [2.05, 4.69) is 0 Å². The number of fused-ring (bicyclic) bond motifs is 1. The Morgan fingerprint density at radius 2 is 1.97 bits per heavy atom. The fourth-order valence-corrected chi connectivity index (χ4v) is 5.41. The Morgan fingerprint density at radius 1 is 1.17 bits per heavy atom. The maximum atomic E-state index is 14.2. The van der Waals surface area contributed by atoms with E-state index in [1.807, 2.05) is 50.4 Å². The number of thiophene rings is 1. The van der Waals surface area contributed by atoms with Gasteiger partial charge in [-0.2, -0.15) is 0 Å². The minimum absolute atomic E-state index is 0.0133. The molecule has 0 fully saturated rings. The summed E-state index contributed by atoms with van der Waals surface area (Å²) < 4.78 is 20.0. The van der Waals surface area contributed by atoms with Crippen LogP contribution < -0.4 is 4.74 Å². The zero-order chi connectivity index (χ0) is 24.9. The number of ether oxygens (including phenoxy) is 1. The predicted molar refractivity (Wildman–Crippen MR) is 136 cm³/mol. The molecular formula is C28H31FN2O3S. The van der Waals surface area contributed by atoms with Gasteiger partial charge in [0, 0.05) is 23.5 Å². The summed E-state index contributed by atoms with van der Waals surface area (Å²) in [5.41, 5.74) is 2.61. The number of hydrogen-bond acceptors (Lipinski definition) is 4. The molecule has 0 saturated heterocycles. The highest BCUT2D eigenvalue weighted by Gasteiger charge is 2.34. The lowest BCUT2D eigenvalue weighted by molar-refractivity contribution is -0.135. The molecule has 0 aliphatic carbocycles. The number of carbonyl (C=O) groups is 2.